The summed E-state index contributed by atoms with van der Waals surface area (Å²) in [6.07, 6.45) is 3.71. The van der Waals surface area contributed by atoms with Crippen LogP contribution in [-0.4, -0.2) is 41.2 Å². The molecule has 3 amide bonds. The zero-order chi connectivity index (χ0) is 19.3. The van der Waals surface area contributed by atoms with Gasteiger partial charge in [0, 0.05) is 30.1 Å². The number of imidazole rings is 1. The maximum Gasteiger partial charge on any atom is 0.319 e. The molecule has 0 spiro atoms. The maximum atomic E-state index is 12.4. The zero-order valence-electron chi connectivity index (χ0n) is 15.2. The second-order valence-electron chi connectivity index (χ2n) is 6.64. The van der Waals surface area contributed by atoms with Crippen LogP contribution in [0.15, 0.2) is 48.8 Å². The third-order valence-corrected chi connectivity index (χ3v) is 4.60. The number of urea groups is 1. The van der Waals surface area contributed by atoms with E-state index in [0.717, 1.165) is 30.5 Å². The first-order chi connectivity index (χ1) is 13.7. The van der Waals surface area contributed by atoms with Gasteiger partial charge in [0.25, 0.3) is 5.91 Å². The minimum Gasteiger partial charge on any atom is -0.376 e. The largest absolute Gasteiger partial charge is 0.376 e. The smallest absolute Gasteiger partial charge is 0.319 e. The number of rotatable bonds is 5. The Hall–Kier alpha value is -3.39. The number of anilines is 2. The topological polar surface area (TPSA) is 108 Å². The highest BCUT2D eigenvalue weighted by atomic mass is 16.5. The van der Waals surface area contributed by atoms with Crippen molar-refractivity contribution in [1.29, 1.82) is 0 Å². The fraction of sp³-hybridized carbons (Fsp3) is 0.250. The van der Waals surface area contributed by atoms with Gasteiger partial charge in [-0.3, -0.25) is 4.79 Å². The first kappa shape index (κ1) is 18.0. The molecule has 28 heavy (non-hydrogen) atoms. The van der Waals surface area contributed by atoms with Crippen molar-refractivity contribution in [1.82, 2.24) is 15.3 Å². The molecule has 1 atom stereocenters. The molecule has 0 bridgehead atoms. The van der Waals surface area contributed by atoms with Gasteiger partial charge < -0.3 is 25.7 Å². The van der Waals surface area contributed by atoms with Crippen LogP contribution in [0.25, 0.3) is 11.0 Å². The second kappa shape index (κ2) is 8.10. The van der Waals surface area contributed by atoms with Gasteiger partial charge in [0.05, 0.1) is 23.5 Å². The number of benzene rings is 2. The highest BCUT2D eigenvalue weighted by molar-refractivity contribution is 6.06. The number of nitrogens with zero attached hydrogens (tertiary/aromatic N) is 1. The van der Waals surface area contributed by atoms with Gasteiger partial charge in [-0.25, -0.2) is 9.78 Å². The Kier molecular flexibility index (Phi) is 5.20. The van der Waals surface area contributed by atoms with Crippen molar-refractivity contribution in [3.63, 3.8) is 0 Å². The number of carbonyl (C=O) groups is 2. The van der Waals surface area contributed by atoms with E-state index in [4.69, 9.17) is 4.74 Å². The molecule has 1 aliphatic heterocycles. The second-order valence-corrected chi connectivity index (χ2v) is 6.64. The fourth-order valence-electron chi connectivity index (χ4n) is 3.10. The molecule has 4 rings (SSSR count). The lowest BCUT2D eigenvalue weighted by atomic mass is 10.2. The lowest BCUT2D eigenvalue weighted by Crippen LogP contribution is -2.35. The van der Waals surface area contributed by atoms with Crippen LogP contribution in [0.5, 0.6) is 0 Å². The van der Waals surface area contributed by atoms with Crippen LogP contribution in [0.4, 0.5) is 16.2 Å². The third-order valence-electron chi connectivity index (χ3n) is 4.60. The predicted molar refractivity (Wildman–Crippen MR) is 106 cm³/mol. The summed E-state index contributed by atoms with van der Waals surface area (Å²) in [6.45, 7) is 1.26. The van der Waals surface area contributed by atoms with E-state index in [1.807, 2.05) is 0 Å². The average molecular weight is 379 g/mol. The van der Waals surface area contributed by atoms with E-state index in [0.29, 0.717) is 23.5 Å². The Bertz CT molecular complexity index is 977. The Labute approximate surface area is 161 Å². The van der Waals surface area contributed by atoms with Gasteiger partial charge in [-0.2, -0.15) is 0 Å². The number of carbonyl (C=O) groups excluding carboxylic acids is 2. The Balaban J connectivity index is 1.31. The summed E-state index contributed by atoms with van der Waals surface area (Å²) in [6, 6.07) is 11.9. The summed E-state index contributed by atoms with van der Waals surface area (Å²) in [5.74, 6) is -0.216. The molecule has 1 aliphatic rings. The van der Waals surface area contributed by atoms with E-state index >= 15 is 0 Å². The molecule has 4 N–H and O–H groups in total. The fourth-order valence-corrected chi connectivity index (χ4v) is 3.10. The highest BCUT2D eigenvalue weighted by Crippen LogP contribution is 2.17. The number of hydrogen-bond donors (Lipinski definition) is 4. The number of fused-ring (bicyclic) bond motifs is 1. The first-order valence-electron chi connectivity index (χ1n) is 9.18. The molecule has 0 saturated carbocycles. The summed E-state index contributed by atoms with van der Waals surface area (Å²) in [5.41, 5.74) is 3.43. The van der Waals surface area contributed by atoms with E-state index < -0.39 is 0 Å². The van der Waals surface area contributed by atoms with Crippen LogP contribution >= 0.6 is 0 Å². The molecule has 0 radical (unpaired) electrons. The van der Waals surface area contributed by atoms with Crippen LogP contribution in [0.3, 0.4) is 0 Å². The number of aromatic nitrogens is 2. The van der Waals surface area contributed by atoms with E-state index in [1.165, 1.54) is 0 Å². The number of nitrogens with one attached hydrogen (secondary N) is 4. The lowest BCUT2D eigenvalue weighted by Gasteiger charge is -2.12. The SMILES string of the molecule is O=C(NC[C@H]1CCCO1)Nc1ccc(NC(=O)c2ccc3nc[nH]c3c2)cc1. The summed E-state index contributed by atoms with van der Waals surface area (Å²) >= 11 is 0. The molecule has 1 fully saturated rings. The van der Waals surface area contributed by atoms with Crippen molar-refractivity contribution in [2.45, 2.75) is 18.9 Å². The van der Waals surface area contributed by atoms with Gasteiger partial charge in [-0.05, 0) is 55.3 Å². The Morgan fingerprint density at radius 3 is 2.64 bits per heavy atom. The van der Waals surface area contributed by atoms with E-state index in [9.17, 15) is 9.59 Å². The first-order valence-corrected chi connectivity index (χ1v) is 9.18. The Morgan fingerprint density at radius 2 is 1.89 bits per heavy atom. The molecule has 0 unspecified atom stereocenters. The van der Waals surface area contributed by atoms with E-state index in [1.54, 1.807) is 48.8 Å². The number of aromatic amines is 1. The molecule has 2 aromatic carbocycles. The molecule has 1 aromatic heterocycles. The van der Waals surface area contributed by atoms with Crippen molar-refractivity contribution in [3.8, 4) is 0 Å². The maximum absolute atomic E-state index is 12.4. The van der Waals surface area contributed by atoms with Gasteiger partial charge in [-0.1, -0.05) is 0 Å². The number of H-pyrrole nitrogens is 1. The Morgan fingerprint density at radius 1 is 1.11 bits per heavy atom. The lowest BCUT2D eigenvalue weighted by molar-refractivity contribution is 0.102. The van der Waals surface area contributed by atoms with E-state index in [-0.39, 0.29) is 18.0 Å². The monoisotopic (exact) mass is 379 g/mol. The van der Waals surface area contributed by atoms with Crippen LogP contribution in [0.1, 0.15) is 23.2 Å². The average Bonchev–Trinajstić information content (AvgIpc) is 3.39. The van der Waals surface area contributed by atoms with Crippen LogP contribution in [-0.2, 0) is 4.74 Å². The number of hydrogen-bond acceptors (Lipinski definition) is 4. The molecular formula is C20H21N5O3. The quantitative estimate of drug-likeness (QED) is 0.546. The van der Waals surface area contributed by atoms with Crippen LogP contribution in [0, 0.1) is 0 Å². The summed E-state index contributed by atoms with van der Waals surface area (Å²) in [4.78, 5) is 31.5. The van der Waals surface area contributed by atoms with Crippen molar-refractivity contribution >= 4 is 34.3 Å². The van der Waals surface area contributed by atoms with Gasteiger partial charge in [0.1, 0.15) is 0 Å². The molecule has 8 nitrogen and oxygen atoms in total. The van der Waals surface area contributed by atoms with Gasteiger partial charge in [-0.15, -0.1) is 0 Å². The minimum absolute atomic E-state index is 0.101. The normalized spacial score (nSPS) is 16.1. The van der Waals surface area contributed by atoms with Crippen LogP contribution < -0.4 is 16.0 Å². The molecule has 2 heterocycles. The molecule has 1 saturated heterocycles. The summed E-state index contributed by atoms with van der Waals surface area (Å²) < 4.78 is 5.47. The molecular weight excluding hydrogens is 358 g/mol. The molecule has 0 aliphatic carbocycles. The van der Waals surface area contributed by atoms with E-state index in [2.05, 4.69) is 25.9 Å². The molecule has 3 aromatic rings. The van der Waals surface area contributed by atoms with Crippen molar-refractivity contribution in [3.05, 3.63) is 54.4 Å². The number of ether oxygens (including phenoxy) is 1. The summed E-state index contributed by atoms with van der Waals surface area (Å²) in [7, 11) is 0. The van der Waals surface area contributed by atoms with Crippen LogP contribution in [0.2, 0.25) is 0 Å². The molecule has 144 valence electrons. The molecule has 8 heteroatoms. The minimum atomic E-state index is -0.278. The van der Waals surface area contributed by atoms with Gasteiger partial charge in [0.2, 0.25) is 0 Å². The summed E-state index contributed by atoms with van der Waals surface area (Å²) in [5, 5.41) is 8.41. The van der Waals surface area contributed by atoms with Crippen molar-refractivity contribution < 1.29 is 14.3 Å². The zero-order valence-corrected chi connectivity index (χ0v) is 15.2. The van der Waals surface area contributed by atoms with Crippen molar-refractivity contribution in [2.24, 2.45) is 0 Å². The van der Waals surface area contributed by atoms with Gasteiger partial charge in [0.15, 0.2) is 0 Å². The standard InChI is InChI=1S/C20H21N5O3/c26-19(13-3-8-17-18(10-13)23-12-22-17)24-14-4-6-15(7-5-14)25-20(27)21-11-16-2-1-9-28-16/h3-8,10,12,16H,1-2,9,11H2,(H,22,23)(H,24,26)(H2,21,25,27)/t16-/m1/s1. The van der Waals surface area contributed by atoms with Crippen molar-refractivity contribution in [2.75, 3.05) is 23.8 Å². The third kappa shape index (κ3) is 4.29. The van der Waals surface area contributed by atoms with Gasteiger partial charge >= 0.3 is 6.03 Å². The predicted octanol–water partition coefficient (Wildman–Crippen LogP) is 3.12. The highest BCUT2D eigenvalue weighted by Gasteiger charge is 2.16. The number of amides is 3.